The molecule has 0 amide bonds. The molecule has 0 atom stereocenters. The molecule has 0 fully saturated rings. The number of halogens is 3. The van der Waals surface area contributed by atoms with Gasteiger partial charge >= 0.3 is 6.61 Å². The van der Waals surface area contributed by atoms with E-state index < -0.39 is 6.61 Å². The van der Waals surface area contributed by atoms with E-state index in [-0.39, 0.29) is 36.3 Å². The van der Waals surface area contributed by atoms with Crippen molar-refractivity contribution in [2.45, 2.75) is 52.3 Å². The summed E-state index contributed by atoms with van der Waals surface area (Å²) in [7, 11) is 3.08. The van der Waals surface area contributed by atoms with Gasteiger partial charge < -0.3 is 24.6 Å². The molecule has 30 heavy (non-hydrogen) atoms. The van der Waals surface area contributed by atoms with Gasteiger partial charge in [0.1, 0.15) is 11.5 Å². The van der Waals surface area contributed by atoms with Gasteiger partial charge in [-0.25, -0.2) is 0 Å². The number of benzene rings is 1. The number of hydrogen-bond donors (Lipinski definition) is 2. The molecule has 0 bridgehead atoms. The Morgan fingerprint density at radius 1 is 1.17 bits per heavy atom. The lowest BCUT2D eigenvalue weighted by molar-refractivity contribution is -0.0505. The van der Waals surface area contributed by atoms with Crippen LogP contribution >= 0.6 is 24.0 Å². The molecule has 0 radical (unpaired) electrons. The van der Waals surface area contributed by atoms with Gasteiger partial charge in [0.05, 0.1) is 19.3 Å². The van der Waals surface area contributed by atoms with E-state index in [1.54, 1.807) is 19.2 Å². The Balaban J connectivity index is 0.00000450. The number of rotatable bonds is 10. The predicted octanol–water partition coefficient (Wildman–Crippen LogP) is 4.67. The minimum absolute atomic E-state index is 0. The van der Waals surface area contributed by atoms with E-state index in [4.69, 9.17) is 9.26 Å². The Hall–Kier alpha value is -2.11. The highest BCUT2D eigenvalue weighted by Gasteiger charge is 2.14. The van der Waals surface area contributed by atoms with Crippen LogP contribution in [0.5, 0.6) is 11.5 Å². The third-order valence-electron chi connectivity index (χ3n) is 4.57. The molecule has 0 aliphatic heterocycles. The molecule has 0 aliphatic carbocycles. The van der Waals surface area contributed by atoms with E-state index in [1.807, 2.05) is 6.07 Å². The van der Waals surface area contributed by atoms with Crippen LogP contribution in [-0.4, -0.2) is 31.9 Å². The Morgan fingerprint density at radius 2 is 1.87 bits per heavy atom. The number of nitrogens with zero attached hydrogens (tertiary/aromatic N) is 2. The molecule has 2 N–H and O–H groups in total. The molecule has 0 saturated carbocycles. The quantitative estimate of drug-likeness (QED) is 0.260. The Labute approximate surface area is 192 Å². The first-order chi connectivity index (χ1) is 14.0. The average Bonchev–Trinajstić information content (AvgIpc) is 3.18. The highest BCUT2D eigenvalue weighted by Crippen LogP contribution is 2.26. The maximum Gasteiger partial charge on any atom is 0.387 e. The van der Waals surface area contributed by atoms with Crippen molar-refractivity contribution in [2.24, 2.45) is 4.99 Å². The molecular weight excluding hydrogens is 509 g/mol. The van der Waals surface area contributed by atoms with Gasteiger partial charge in [0.25, 0.3) is 0 Å². The molecule has 7 nitrogen and oxygen atoms in total. The van der Waals surface area contributed by atoms with Crippen molar-refractivity contribution < 1.29 is 22.8 Å². The minimum Gasteiger partial charge on any atom is -0.497 e. The summed E-state index contributed by atoms with van der Waals surface area (Å²) in [5.41, 5.74) is 1.49. The number of alkyl halides is 2. The van der Waals surface area contributed by atoms with E-state index in [1.165, 1.54) is 13.2 Å². The fraction of sp³-hybridized carbons (Fsp3) is 0.500. The maximum atomic E-state index is 12.7. The molecule has 168 valence electrons. The highest BCUT2D eigenvalue weighted by atomic mass is 127. The first-order valence-electron chi connectivity index (χ1n) is 9.52. The number of hydrogen-bond acceptors (Lipinski definition) is 5. The van der Waals surface area contributed by atoms with E-state index in [0.29, 0.717) is 35.5 Å². The van der Waals surface area contributed by atoms with Crippen molar-refractivity contribution in [2.75, 3.05) is 14.2 Å². The molecule has 0 unspecified atom stereocenters. The number of aliphatic imine (C=N–C) groups is 1. The summed E-state index contributed by atoms with van der Waals surface area (Å²) in [5, 5.41) is 10.3. The molecule has 1 aromatic heterocycles. The number of aromatic nitrogens is 1. The van der Waals surface area contributed by atoms with E-state index in [0.717, 1.165) is 18.5 Å². The lowest BCUT2D eigenvalue weighted by atomic mass is 9.99. The molecule has 2 aromatic rings. The van der Waals surface area contributed by atoms with Crippen LogP contribution in [0, 0.1) is 0 Å². The molecule has 0 spiro atoms. The van der Waals surface area contributed by atoms with Crippen LogP contribution in [0.2, 0.25) is 0 Å². The van der Waals surface area contributed by atoms with Gasteiger partial charge in [-0.1, -0.05) is 19.0 Å². The summed E-state index contributed by atoms with van der Waals surface area (Å²) in [5.74, 6) is 2.05. The predicted molar refractivity (Wildman–Crippen MR) is 122 cm³/mol. The second-order valence-electron chi connectivity index (χ2n) is 6.36. The van der Waals surface area contributed by atoms with Crippen LogP contribution < -0.4 is 20.1 Å². The Bertz CT molecular complexity index is 798. The summed E-state index contributed by atoms with van der Waals surface area (Å²) < 4.78 is 40.4. The highest BCUT2D eigenvalue weighted by molar-refractivity contribution is 14.0. The number of ether oxygens (including phenoxy) is 2. The SMILES string of the molecule is CCC(CC)c1cc(CNC(=NC)NCc2ccc(OC)cc2OC(F)F)on1.I. The van der Waals surface area contributed by atoms with Crippen molar-refractivity contribution in [3.05, 3.63) is 41.3 Å². The molecule has 0 saturated heterocycles. The molecule has 1 heterocycles. The zero-order chi connectivity index (χ0) is 21.2. The van der Waals surface area contributed by atoms with E-state index >= 15 is 0 Å². The molecule has 2 rings (SSSR count). The summed E-state index contributed by atoms with van der Waals surface area (Å²) in [6.45, 7) is 1.96. The number of guanidine groups is 1. The fourth-order valence-electron chi connectivity index (χ4n) is 2.90. The van der Waals surface area contributed by atoms with Gasteiger partial charge in [-0.05, 0) is 25.0 Å². The van der Waals surface area contributed by atoms with Crippen molar-refractivity contribution >= 4 is 29.9 Å². The molecule has 1 aromatic carbocycles. The number of methoxy groups -OCH3 is 1. The summed E-state index contributed by atoms with van der Waals surface area (Å²) >= 11 is 0. The van der Waals surface area contributed by atoms with Gasteiger partial charge in [-0.2, -0.15) is 8.78 Å². The first kappa shape index (κ1) is 25.9. The Morgan fingerprint density at radius 3 is 2.47 bits per heavy atom. The fourth-order valence-corrected chi connectivity index (χ4v) is 2.90. The molecule has 10 heteroatoms. The summed E-state index contributed by atoms with van der Waals surface area (Å²) in [4.78, 5) is 4.14. The summed E-state index contributed by atoms with van der Waals surface area (Å²) in [6.07, 6.45) is 2.01. The largest absolute Gasteiger partial charge is 0.497 e. The van der Waals surface area contributed by atoms with Crippen LogP contribution in [0.15, 0.2) is 33.8 Å². The van der Waals surface area contributed by atoms with Crippen LogP contribution in [0.1, 0.15) is 49.6 Å². The van der Waals surface area contributed by atoms with Gasteiger partial charge in [-0.15, -0.1) is 24.0 Å². The third-order valence-corrected chi connectivity index (χ3v) is 4.57. The van der Waals surface area contributed by atoms with Crippen LogP contribution in [0.25, 0.3) is 0 Å². The van der Waals surface area contributed by atoms with Gasteiger partial charge in [0.2, 0.25) is 0 Å². The topological polar surface area (TPSA) is 80.9 Å². The van der Waals surface area contributed by atoms with Crippen molar-refractivity contribution in [3.63, 3.8) is 0 Å². The van der Waals surface area contributed by atoms with Crippen molar-refractivity contribution in [3.8, 4) is 11.5 Å². The van der Waals surface area contributed by atoms with Gasteiger partial charge in [-0.3, -0.25) is 4.99 Å². The standard InChI is InChI=1S/C20H28F2N4O3.HI/c1-5-13(6-2)17-9-16(29-26-17)12-25-20(23-3)24-11-14-7-8-15(27-4)10-18(14)28-19(21)22;/h7-10,13,19H,5-6,11-12H2,1-4H3,(H2,23,24,25);1H. The van der Waals surface area contributed by atoms with E-state index in [2.05, 4.69) is 39.4 Å². The average molecular weight is 538 g/mol. The lowest BCUT2D eigenvalue weighted by Crippen LogP contribution is -2.36. The van der Waals surface area contributed by atoms with Crippen molar-refractivity contribution in [1.29, 1.82) is 0 Å². The van der Waals surface area contributed by atoms with Crippen molar-refractivity contribution in [1.82, 2.24) is 15.8 Å². The smallest absolute Gasteiger partial charge is 0.387 e. The summed E-state index contributed by atoms with van der Waals surface area (Å²) in [6, 6.07) is 6.71. The minimum atomic E-state index is -2.92. The normalized spacial score (nSPS) is 11.4. The van der Waals surface area contributed by atoms with Crippen LogP contribution in [-0.2, 0) is 13.1 Å². The Kier molecular flexibility index (Phi) is 11.4. The van der Waals surface area contributed by atoms with E-state index in [9.17, 15) is 8.78 Å². The lowest BCUT2D eigenvalue weighted by Gasteiger charge is -2.15. The maximum absolute atomic E-state index is 12.7. The number of nitrogens with one attached hydrogen (secondary N) is 2. The molecular formula is C20H29F2IN4O3. The van der Waals surface area contributed by atoms with Gasteiger partial charge in [0, 0.05) is 37.2 Å². The zero-order valence-corrected chi connectivity index (χ0v) is 19.9. The third kappa shape index (κ3) is 7.62. The first-order valence-corrected chi connectivity index (χ1v) is 9.52. The second-order valence-corrected chi connectivity index (χ2v) is 6.36. The van der Waals surface area contributed by atoms with Crippen LogP contribution in [0.4, 0.5) is 8.78 Å². The van der Waals surface area contributed by atoms with Gasteiger partial charge in [0.15, 0.2) is 11.7 Å². The second kappa shape index (κ2) is 13.2. The zero-order valence-electron chi connectivity index (χ0n) is 17.6. The monoisotopic (exact) mass is 538 g/mol. The van der Waals surface area contributed by atoms with Crippen LogP contribution in [0.3, 0.4) is 0 Å². The molecule has 0 aliphatic rings.